The van der Waals surface area contributed by atoms with Gasteiger partial charge in [-0.15, -0.1) is 0 Å². The van der Waals surface area contributed by atoms with Crippen molar-refractivity contribution in [3.05, 3.63) is 82.8 Å². The summed E-state index contributed by atoms with van der Waals surface area (Å²) in [7, 11) is 0. The molecule has 0 saturated carbocycles. The third-order valence-corrected chi connectivity index (χ3v) is 6.07. The normalized spacial score (nSPS) is 16.3. The quantitative estimate of drug-likeness (QED) is 0.446. The highest BCUT2D eigenvalue weighted by molar-refractivity contribution is 6.30. The van der Waals surface area contributed by atoms with E-state index in [1.165, 1.54) is 0 Å². The lowest BCUT2D eigenvalue weighted by atomic mass is 10.1. The van der Waals surface area contributed by atoms with Crippen LogP contribution in [0.15, 0.2) is 59.1 Å². The third-order valence-electron chi connectivity index (χ3n) is 5.84. The van der Waals surface area contributed by atoms with Gasteiger partial charge in [0.25, 0.3) is 0 Å². The standard InChI is InChI=1S/C24H23ClN4O2/c1-16-27-20-8-2-3-9-21(20)29(16)15-23(30)28-11-5-10-22(28)24-26-14-19(31-24)13-17-6-4-7-18(25)12-17/h2-4,6-9,12,14,22H,5,10-11,13,15H2,1H3. The van der Waals surface area contributed by atoms with E-state index in [4.69, 9.17) is 16.0 Å². The van der Waals surface area contributed by atoms with Crippen LogP contribution in [0.5, 0.6) is 0 Å². The molecule has 1 fully saturated rings. The number of aromatic nitrogens is 3. The van der Waals surface area contributed by atoms with Crippen molar-refractivity contribution in [2.45, 2.75) is 38.8 Å². The molecule has 6 nitrogen and oxygen atoms in total. The molecule has 1 saturated heterocycles. The Kier molecular flexibility index (Phi) is 5.24. The summed E-state index contributed by atoms with van der Waals surface area (Å²) in [5.74, 6) is 2.27. The van der Waals surface area contributed by atoms with E-state index in [0.29, 0.717) is 23.9 Å². The minimum absolute atomic E-state index is 0.0587. The van der Waals surface area contributed by atoms with Crippen LogP contribution in [0.2, 0.25) is 5.02 Å². The predicted molar refractivity (Wildman–Crippen MR) is 119 cm³/mol. The summed E-state index contributed by atoms with van der Waals surface area (Å²) in [5.41, 5.74) is 2.95. The van der Waals surface area contributed by atoms with Crippen molar-refractivity contribution >= 4 is 28.5 Å². The zero-order valence-electron chi connectivity index (χ0n) is 17.3. The lowest BCUT2D eigenvalue weighted by Crippen LogP contribution is -2.33. The van der Waals surface area contributed by atoms with Crippen LogP contribution in [-0.4, -0.2) is 31.9 Å². The smallest absolute Gasteiger partial charge is 0.243 e. The first-order valence-electron chi connectivity index (χ1n) is 10.5. The van der Waals surface area contributed by atoms with E-state index in [2.05, 4.69) is 9.97 Å². The van der Waals surface area contributed by atoms with Crippen LogP contribution in [0, 0.1) is 6.92 Å². The molecule has 158 valence electrons. The Labute approximate surface area is 185 Å². The molecule has 1 aliphatic heterocycles. The van der Waals surface area contributed by atoms with E-state index in [-0.39, 0.29) is 18.5 Å². The van der Waals surface area contributed by atoms with Crippen molar-refractivity contribution in [3.63, 3.8) is 0 Å². The van der Waals surface area contributed by atoms with Crippen LogP contribution in [-0.2, 0) is 17.8 Å². The minimum atomic E-state index is -0.129. The van der Waals surface area contributed by atoms with Crippen LogP contribution in [0.1, 0.15) is 41.9 Å². The maximum absolute atomic E-state index is 13.2. The average Bonchev–Trinajstić information content (AvgIpc) is 3.47. The number of aryl methyl sites for hydroxylation is 1. The molecule has 2 aromatic heterocycles. The maximum Gasteiger partial charge on any atom is 0.243 e. The van der Waals surface area contributed by atoms with Gasteiger partial charge in [0.05, 0.1) is 17.2 Å². The van der Waals surface area contributed by atoms with Gasteiger partial charge in [0.1, 0.15) is 24.2 Å². The molecule has 2 aromatic carbocycles. The molecule has 3 heterocycles. The largest absolute Gasteiger partial charge is 0.443 e. The first-order chi connectivity index (χ1) is 15.1. The predicted octanol–water partition coefficient (Wildman–Crippen LogP) is 4.94. The summed E-state index contributed by atoms with van der Waals surface area (Å²) < 4.78 is 8.03. The van der Waals surface area contributed by atoms with Crippen LogP contribution in [0.3, 0.4) is 0 Å². The molecule has 4 aromatic rings. The molecule has 1 atom stereocenters. The van der Waals surface area contributed by atoms with Gasteiger partial charge in [-0.05, 0) is 49.6 Å². The molecule has 1 unspecified atom stereocenters. The average molecular weight is 435 g/mol. The molecular formula is C24H23ClN4O2. The third kappa shape index (κ3) is 3.95. The van der Waals surface area contributed by atoms with Gasteiger partial charge in [0, 0.05) is 18.0 Å². The molecule has 0 bridgehead atoms. The van der Waals surface area contributed by atoms with Gasteiger partial charge in [-0.2, -0.15) is 0 Å². The Morgan fingerprint density at radius 3 is 2.97 bits per heavy atom. The molecule has 0 N–H and O–H groups in total. The van der Waals surface area contributed by atoms with Crippen LogP contribution in [0.4, 0.5) is 0 Å². The number of carbonyl (C=O) groups is 1. The number of para-hydroxylation sites is 2. The van der Waals surface area contributed by atoms with E-state index in [9.17, 15) is 4.79 Å². The van der Waals surface area contributed by atoms with Crippen LogP contribution in [0.25, 0.3) is 11.0 Å². The number of imidazole rings is 1. The number of benzene rings is 2. The molecule has 0 radical (unpaired) electrons. The van der Waals surface area contributed by atoms with E-state index in [1.807, 2.05) is 64.9 Å². The fourth-order valence-corrected chi connectivity index (χ4v) is 4.56. The molecular weight excluding hydrogens is 412 g/mol. The Hall–Kier alpha value is -3.12. The zero-order valence-corrected chi connectivity index (χ0v) is 18.0. The van der Waals surface area contributed by atoms with E-state index in [0.717, 1.165) is 41.0 Å². The number of oxazole rings is 1. The van der Waals surface area contributed by atoms with Gasteiger partial charge in [-0.3, -0.25) is 4.79 Å². The van der Waals surface area contributed by atoms with Gasteiger partial charge < -0.3 is 13.9 Å². The number of carbonyl (C=O) groups excluding carboxylic acids is 1. The Bertz CT molecular complexity index is 1250. The number of hydrogen-bond acceptors (Lipinski definition) is 4. The van der Waals surface area contributed by atoms with Crippen LogP contribution < -0.4 is 0 Å². The molecule has 31 heavy (non-hydrogen) atoms. The number of halogens is 1. The first-order valence-corrected chi connectivity index (χ1v) is 10.9. The fourth-order valence-electron chi connectivity index (χ4n) is 4.35. The number of likely N-dealkylation sites (tertiary alicyclic amines) is 1. The Morgan fingerprint density at radius 2 is 2.10 bits per heavy atom. The SMILES string of the molecule is Cc1nc2ccccc2n1CC(=O)N1CCCC1c1ncc(Cc2cccc(Cl)c2)o1. The Balaban J connectivity index is 1.33. The van der Waals surface area contributed by atoms with Gasteiger partial charge in [0.15, 0.2) is 0 Å². The molecule has 1 amide bonds. The second-order valence-corrected chi connectivity index (χ2v) is 8.39. The summed E-state index contributed by atoms with van der Waals surface area (Å²) in [6.07, 6.45) is 4.16. The summed E-state index contributed by atoms with van der Waals surface area (Å²) in [6.45, 7) is 2.91. The van der Waals surface area contributed by atoms with Crippen molar-refractivity contribution in [2.75, 3.05) is 6.54 Å². The highest BCUT2D eigenvalue weighted by Crippen LogP contribution is 2.32. The number of fused-ring (bicyclic) bond motifs is 1. The Morgan fingerprint density at radius 1 is 1.23 bits per heavy atom. The zero-order chi connectivity index (χ0) is 21.4. The van der Waals surface area contributed by atoms with Gasteiger partial charge in [-0.25, -0.2) is 9.97 Å². The number of nitrogens with zero attached hydrogens (tertiary/aromatic N) is 4. The highest BCUT2D eigenvalue weighted by atomic mass is 35.5. The van der Waals surface area contributed by atoms with Crippen molar-refractivity contribution in [2.24, 2.45) is 0 Å². The highest BCUT2D eigenvalue weighted by Gasteiger charge is 2.33. The number of hydrogen-bond donors (Lipinski definition) is 0. The van der Waals surface area contributed by atoms with Gasteiger partial charge in [-0.1, -0.05) is 35.9 Å². The lowest BCUT2D eigenvalue weighted by molar-refractivity contribution is -0.133. The van der Waals surface area contributed by atoms with Gasteiger partial charge in [0.2, 0.25) is 11.8 Å². The monoisotopic (exact) mass is 434 g/mol. The minimum Gasteiger partial charge on any atom is -0.443 e. The fraction of sp³-hybridized carbons (Fsp3) is 0.292. The molecule has 0 spiro atoms. The second-order valence-electron chi connectivity index (χ2n) is 7.95. The molecule has 5 rings (SSSR count). The van der Waals surface area contributed by atoms with E-state index < -0.39 is 0 Å². The summed E-state index contributed by atoms with van der Waals surface area (Å²) in [4.78, 5) is 24.2. The van der Waals surface area contributed by atoms with E-state index in [1.54, 1.807) is 6.20 Å². The van der Waals surface area contributed by atoms with Crippen molar-refractivity contribution in [3.8, 4) is 0 Å². The van der Waals surface area contributed by atoms with Crippen LogP contribution >= 0.6 is 11.6 Å². The second kappa shape index (κ2) is 8.19. The molecule has 7 heteroatoms. The van der Waals surface area contributed by atoms with Gasteiger partial charge >= 0.3 is 0 Å². The number of amides is 1. The maximum atomic E-state index is 13.2. The lowest BCUT2D eigenvalue weighted by Gasteiger charge is -2.23. The topological polar surface area (TPSA) is 64.2 Å². The van der Waals surface area contributed by atoms with Crippen molar-refractivity contribution < 1.29 is 9.21 Å². The summed E-state index contributed by atoms with van der Waals surface area (Å²) in [5, 5.41) is 0.701. The summed E-state index contributed by atoms with van der Waals surface area (Å²) in [6, 6.07) is 15.5. The summed E-state index contributed by atoms with van der Waals surface area (Å²) >= 11 is 6.08. The molecule has 1 aliphatic rings. The first kappa shape index (κ1) is 19.8. The van der Waals surface area contributed by atoms with Crippen molar-refractivity contribution in [1.82, 2.24) is 19.4 Å². The van der Waals surface area contributed by atoms with E-state index >= 15 is 0 Å². The molecule has 0 aliphatic carbocycles. The van der Waals surface area contributed by atoms with Crippen molar-refractivity contribution in [1.29, 1.82) is 0 Å². The number of rotatable bonds is 5.